The number of fused-ring (bicyclic) bond motifs is 1. The summed E-state index contributed by atoms with van der Waals surface area (Å²) in [4.78, 5) is 23.9. The number of benzene rings is 1. The SMILES string of the molecule is Cc1c(CN2CC[C@H](F)C2)n(C(C)C)c2cc(-c3nc(N[C@@H]4CCOC[C@H]4O)ncc3F)ccc2c1=O. The van der Waals surface area contributed by atoms with Crippen molar-refractivity contribution >= 4 is 16.9 Å². The summed E-state index contributed by atoms with van der Waals surface area (Å²) in [5, 5.41) is 13.8. The van der Waals surface area contributed by atoms with Crippen molar-refractivity contribution in [3.63, 3.8) is 0 Å². The van der Waals surface area contributed by atoms with Crippen LogP contribution in [0, 0.1) is 12.7 Å². The van der Waals surface area contributed by atoms with Gasteiger partial charge in [-0.25, -0.2) is 18.7 Å². The van der Waals surface area contributed by atoms with Gasteiger partial charge < -0.3 is 19.7 Å². The minimum absolute atomic E-state index is 0.0123. The van der Waals surface area contributed by atoms with E-state index in [1.54, 1.807) is 18.2 Å². The Morgan fingerprint density at radius 1 is 1.30 bits per heavy atom. The van der Waals surface area contributed by atoms with Gasteiger partial charge in [0.25, 0.3) is 0 Å². The molecule has 5 rings (SSSR count). The van der Waals surface area contributed by atoms with E-state index in [0.717, 1.165) is 11.9 Å². The van der Waals surface area contributed by atoms with Crippen molar-refractivity contribution in [2.75, 3.05) is 31.6 Å². The maximum atomic E-state index is 15.0. The summed E-state index contributed by atoms with van der Waals surface area (Å²) in [7, 11) is 0. The van der Waals surface area contributed by atoms with Crippen molar-refractivity contribution in [2.24, 2.45) is 0 Å². The van der Waals surface area contributed by atoms with Crippen molar-refractivity contribution < 1.29 is 18.6 Å². The zero-order valence-electron chi connectivity index (χ0n) is 21.4. The summed E-state index contributed by atoms with van der Waals surface area (Å²) in [6.45, 7) is 8.09. The molecule has 2 aromatic heterocycles. The lowest BCUT2D eigenvalue weighted by Crippen LogP contribution is -2.42. The lowest BCUT2D eigenvalue weighted by molar-refractivity contribution is -0.0136. The monoisotopic (exact) mass is 513 g/mol. The summed E-state index contributed by atoms with van der Waals surface area (Å²) in [5.41, 5.74) is 2.70. The van der Waals surface area contributed by atoms with Crippen LogP contribution in [0.5, 0.6) is 0 Å². The number of nitrogens with zero attached hydrogens (tertiary/aromatic N) is 4. The van der Waals surface area contributed by atoms with Gasteiger partial charge in [-0.05, 0) is 45.7 Å². The predicted octanol–water partition coefficient (Wildman–Crippen LogP) is 3.59. The van der Waals surface area contributed by atoms with Gasteiger partial charge in [-0.15, -0.1) is 0 Å². The van der Waals surface area contributed by atoms with Crippen LogP contribution in [0.4, 0.5) is 14.7 Å². The molecule has 198 valence electrons. The molecule has 10 heteroatoms. The minimum Gasteiger partial charge on any atom is -0.389 e. The largest absolute Gasteiger partial charge is 0.389 e. The molecule has 2 saturated heterocycles. The van der Waals surface area contributed by atoms with E-state index in [-0.39, 0.29) is 35.8 Å². The molecule has 0 aliphatic carbocycles. The van der Waals surface area contributed by atoms with Crippen LogP contribution in [0.2, 0.25) is 0 Å². The Morgan fingerprint density at radius 3 is 2.81 bits per heavy atom. The number of aromatic nitrogens is 3. The molecule has 2 aliphatic heterocycles. The highest BCUT2D eigenvalue weighted by Crippen LogP contribution is 2.29. The third-order valence-corrected chi connectivity index (χ3v) is 7.33. The molecule has 0 unspecified atom stereocenters. The smallest absolute Gasteiger partial charge is 0.223 e. The number of hydrogen-bond donors (Lipinski definition) is 2. The first-order valence-corrected chi connectivity index (χ1v) is 12.8. The van der Waals surface area contributed by atoms with E-state index in [2.05, 4.69) is 19.9 Å². The molecular weight excluding hydrogens is 480 g/mol. The van der Waals surface area contributed by atoms with E-state index in [0.29, 0.717) is 61.1 Å². The van der Waals surface area contributed by atoms with Crippen LogP contribution in [-0.4, -0.2) is 69.2 Å². The van der Waals surface area contributed by atoms with Gasteiger partial charge in [0.2, 0.25) is 5.95 Å². The number of halogens is 2. The first-order chi connectivity index (χ1) is 17.7. The summed E-state index contributed by atoms with van der Waals surface area (Å²) >= 11 is 0. The molecule has 0 spiro atoms. The fourth-order valence-electron chi connectivity index (χ4n) is 5.35. The maximum Gasteiger partial charge on any atom is 0.223 e. The summed E-state index contributed by atoms with van der Waals surface area (Å²) in [6.07, 6.45) is 0.624. The van der Waals surface area contributed by atoms with Gasteiger partial charge in [0.05, 0.1) is 30.5 Å². The van der Waals surface area contributed by atoms with Crippen LogP contribution in [0.15, 0.2) is 29.2 Å². The molecule has 4 heterocycles. The normalized spacial score (nSPS) is 22.7. The molecule has 3 aromatic rings. The van der Waals surface area contributed by atoms with Crippen molar-refractivity contribution in [1.82, 2.24) is 19.4 Å². The van der Waals surface area contributed by atoms with Gasteiger partial charge in [0.15, 0.2) is 11.2 Å². The Labute approximate surface area is 214 Å². The van der Waals surface area contributed by atoms with Crippen LogP contribution in [0.3, 0.4) is 0 Å². The highest BCUT2D eigenvalue weighted by atomic mass is 19.1. The number of rotatable bonds is 6. The van der Waals surface area contributed by atoms with Crippen LogP contribution >= 0.6 is 0 Å². The molecule has 2 fully saturated rings. The number of anilines is 1. The zero-order chi connectivity index (χ0) is 26.3. The summed E-state index contributed by atoms with van der Waals surface area (Å²) in [6, 6.07) is 4.92. The van der Waals surface area contributed by atoms with Crippen molar-refractivity contribution in [3.05, 3.63) is 51.7 Å². The Morgan fingerprint density at radius 2 is 2.11 bits per heavy atom. The Hall–Kier alpha value is -2.95. The van der Waals surface area contributed by atoms with E-state index in [9.17, 15) is 18.7 Å². The van der Waals surface area contributed by atoms with Crippen LogP contribution in [0.25, 0.3) is 22.2 Å². The highest BCUT2D eigenvalue weighted by molar-refractivity contribution is 5.85. The number of ether oxygens (including phenoxy) is 1. The first-order valence-electron chi connectivity index (χ1n) is 12.8. The van der Waals surface area contributed by atoms with E-state index >= 15 is 0 Å². The number of aliphatic hydroxyl groups excluding tert-OH is 1. The molecule has 0 amide bonds. The Kier molecular flexibility index (Phi) is 7.24. The van der Waals surface area contributed by atoms with Gasteiger partial charge in [-0.3, -0.25) is 9.69 Å². The maximum absolute atomic E-state index is 15.0. The average Bonchev–Trinajstić information content (AvgIpc) is 3.29. The number of likely N-dealkylation sites (tertiary alicyclic amines) is 1. The van der Waals surface area contributed by atoms with Crippen LogP contribution < -0.4 is 10.7 Å². The molecule has 0 radical (unpaired) electrons. The number of pyridine rings is 1. The van der Waals surface area contributed by atoms with Gasteiger partial charge in [-0.2, -0.15) is 0 Å². The third-order valence-electron chi connectivity index (χ3n) is 7.33. The fraction of sp³-hybridized carbons (Fsp3) is 0.519. The fourth-order valence-corrected chi connectivity index (χ4v) is 5.35. The standard InChI is InChI=1S/C27H33F2N5O3/c1-15(2)34-22-10-17(25-20(29)11-30-27(32-25)31-21-7-9-37-14-24(21)35)4-5-19(22)26(36)16(3)23(34)13-33-8-6-18(28)12-33/h4-5,10-11,15,18,21,24,35H,6-9,12-14H2,1-3H3,(H,30,31,32)/t18-,21+,24+/m0/s1. The molecule has 2 N–H and O–H groups in total. The van der Waals surface area contributed by atoms with Gasteiger partial charge in [0.1, 0.15) is 11.9 Å². The Balaban J connectivity index is 1.58. The van der Waals surface area contributed by atoms with Gasteiger partial charge in [-0.1, -0.05) is 6.07 Å². The van der Waals surface area contributed by atoms with Crippen molar-refractivity contribution in [2.45, 2.75) is 64.5 Å². The van der Waals surface area contributed by atoms with E-state index in [4.69, 9.17) is 4.74 Å². The molecule has 3 atom stereocenters. The summed E-state index contributed by atoms with van der Waals surface area (Å²) < 4.78 is 36.2. The number of aliphatic hydroxyl groups is 1. The molecule has 0 bridgehead atoms. The van der Waals surface area contributed by atoms with E-state index in [1.807, 2.05) is 25.7 Å². The lowest BCUT2D eigenvalue weighted by Gasteiger charge is -2.28. The zero-order valence-corrected chi connectivity index (χ0v) is 21.4. The van der Waals surface area contributed by atoms with Gasteiger partial charge in [0, 0.05) is 54.5 Å². The molecule has 2 aliphatic rings. The van der Waals surface area contributed by atoms with Crippen molar-refractivity contribution in [3.8, 4) is 11.3 Å². The van der Waals surface area contributed by atoms with Crippen LogP contribution in [-0.2, 0) is 11.3 Å². The second kappa shape index (κ2) is 10.4. The molecule has 1 aromatic carbocycles. The molecule has 0 saturated carbocycles. The second-order valence-corrected chi connectivity index (χ2v) is 10.3. The highest BCUT2D eigenvalue weighted by Gasteiger charge is 2.26. The average molecular weight is 514 g/mol. The van der Waals surface area contributed by atoms with E-state index < -0.39 is 18.1 Å². The molecule has 8 nitrogen and oxygen atoms in total. The second-order valence-electron chi connectivity index (χ2n) is 10.3. The lowest BCUT2D eigenvalue weighted by atomic mass is 10.0. The predicted molar refractivity (Wildman–Crippen MR) is 138 cm³/mol. The first kappa shape index (κ1) is 25.7. The van der Waals surface area contributed by atoms with Crippen molar-refractivity contribution in [1.29, 1.82) is 0 Å². The third kappa shape index (κ3) is 5.10. The van der Waals surface area contributed by atoms with Crippen LogP contribution in [0.1, 0.15) is 44.0 Å². The molecule has 37 heavy (non-hydrogen) atoms. The van der Waals surface area contributed by atoms with Gasteiger partial charge >= 0.3 is 0 Å². The quantitative estimate of drug-likeness (QED) is 0.520. The van der Waals surface area contributed by atoms with E-state index in [1.165, 1.54) is 0 Å². The molecular formula is C27H33F2N5O3. The number of nitrogens with one attached hydrogen (secondary N) is 1. The number of alkyl halides is 1. The summed E-state index contributed by atoms with van der Waals surface area (Å²) in [5.74, 6) is -0.377. The minimum atomic E-state index is -0.850. The number of hydrogen-bond acceptors (Lipinski definition) is 7. The Bertz CT molecular complexity index is 1360. The topological polar surface area (TPSA) is 92.5 Å².